The number of anilines is 1. The van der Waals surface area contributed by atoms with Crippen LogP contribution in [0, 0.1) is 0 Å². The first-order valence-electron chi connectivity index (χ1n) is 6.63. The molecule has 1 aromatic heterocycles. The van der Waals surface area contributed by atoms with Crippen molar-refractivity contribution >= 4 is 11.7 Å². The molecule has 20 heavy (non-hydrogen) atoms. The zero-order valence-corrected chi connectivity index (χ0v) is 11.8. The summed E-state index contributed by atoms with van der Waals surface area (Å²) >= 11 is 0. The number of aromatic amines is 1. The highest BCUT2D eigenvalue weighted by Gasteiger charge is 2.22. The molecule has 0 aliphatic rings. The number of aromatic nitrogens is 2. The second-order valence-electron chi connectivity index (χ2n) is 5.52. The minimum absolute atomic E-state index is 0.200. The van der Waals surface area contributed by atoms with Crippen LogP contribution in [0.2, 0.25) is 0 Å². The number of carbonyl (C=O) groups excluding carboxylic acids is 1. The number of hydrogen-bond donors (Lipinski definition) is 3. The summed E-state index contributed by atoms with van der Waals surface area (Å²) in [5, 5.41) is 9.31. The summed E-state index contributed by atoms with van der Waals surface area (Å²) in [6.45, 7) is 4.01. The maximum Gasteiger partial charge on any atom is 0.257 e. The Bertz CT molecular complexity index is 575. The number of nitrogen functional groups attached to an aromatic ring is 1. The SMILES string of the molecule is CC(C)(CCc1ccccc1)NC(=O)c1cn[nH]c1N. The first-order chi connectivity index (χ1) is 9.48. The highest BCUT2D eigenvalue weighted by Crippen LogP contribution is 2.15. The lowest BCUT2D eigenvalue weighted by Crippen LogP contribution is -2.43. The predicted octanol–water partition coefficient (Wildman–Crippen LogP) is 2.13. The highest BCUT2D eigenvalue weighted by atomic mass is 16.1. The molecule has 1 heterocycles. The number of H-pyrrole nitrogens is 1. The number of amides is 1. The third-order valence-electron chi connectivity index (χ3n) is 3.25. The largest absolute Gasteiger partial charge is 0.383 e. The van der Waals surface area contributed by atoms with Crippen LogP contribution >= 0.6 is 0 Å². The molecule has 1 aromatic carbocycles. The maximum absolute atomic E-state index is 12.1. The number of benzene rings is 1. The fourth-order valence-corrected chi connectivity index (χ4v) is 2.02. The molecule has 0 spiro atoms. The molecule has 0 atom stereocenters. The number of hydrogen-bond acceptors (Lipinski definition) is 3. The summed E-state index contributed by atoms with van der Waals surface area (Å²) in [7, 11) is 0. The van der Waals surface area contributed by atoms with Gasteiger partial charge in [0.25, 0.3) is 5.91 Å². The van der Waals surface area contributed by atoms with Crippen molar-refractivity contribution in [3.8, 4) is 0 Å². The van der Waals surface area contributed by atoms with Gasteiger partial charge < -0.3 is 11.1 Å². The second kappa shape index (κ2) is 5.77. The maximum atomic E-state index is 12.1. The average Bonchev–Trinajstić information content (AvgIpc) is 2.84. The molecule has 4 N–H and O–H groups in total. The smallest absolute Gasteiger partial charge is 0.257 e. The lowest BCUT2D eigenvalue weighted by Gasteiger charge is -2.26. The molecule has 0 saturated heterocycles. The van der Waals surface area contributed by atoms with Crippen LogP contribution in [-0.2, 0) is 6.42 Å². The van der Waals surface area contributed by atoms with Gasteiger partial charge >= 0.3 is 0 Å². The Kier molecular flexibility index (Phi) is 4.08. The van der Waals surface area contributed by atoms with E-state index in [2.05, 4.69) is 27.6 Å². The summed E-state index contributed by atoms with van der Waals surface area (Å²) in [4.78, 5) is 12.1. The van der Waals surface area contributed by atoms with Gasteiger partial charge in [0.15, 0.2) is 0 Å². The second-order valence-corrected chi connectivity index (χ2v) is 5.52. The molecular formula is C15H20N4O. The fourth-order valence-electron chi connectivity index (χ4n) is 2.02. The topological polar surface area (TPSA) is 83.8 Å². The molecule has 2 aromatic rings. The first kappa shape index (κ1) is 14.1. The molecule has 0 aliphatic carbocycles. The number of nitrogens with two attached hydrogens (primary N) is 1. The standard InChI is InChI=1S/C15H20N4O/c1-15(2,9-8-11-6-4-3-5-7-11)18-14(20)12-10-17-19-13(12)16/h3-7,10H,8-9H2,1-2H3,(H,18,20)(H3,16,17,19). The number of nitrogens with zero attached hydrogens (tertiary/aromatic N) is 1. The van der Waals surface area contributed by atoms with Gasteiger partial charge in [-0.3, -0.25) is 9.89 Å². The van der Waals surface area contributed by atoms with Crippen molar-refractivity contribution in [3.63, 3.8) is 0 Å². The van der Waals surface area contributed by atoms with Gasteiger partial charge in [-0.05, 0) is 32.3 Å². The highest BCUT2D eigenvalue weighted by molar-refractivity contribution is 5.98. The van der Waals surface area contributed by atoms with Gasteiger partial charge in [0.2, 0.25) is 0 Å². The first-order valence-corrected chi connectivity index (χ1v) is 6.63. The Morgan fingerprint density at radius 2 is 2.05 bits per heavy atom. The van der Waals surface area contributed by atoms with Crippen molar-refractivity contribution in [2.24, 2.45) is 0 Å². The molecule has 0 bridgehead atoms. The molecule has 106 valence electrons. The Morgan fingerprint density at radius 3 is 2.65 bits per heavy atom. The molecule has 1 amide bonds. The molecule has 5 heteroatoms. The van der Waals surface area contributed by atoms with Crippen LogP contribution in [0.3, 0.4) is 0 Å². The van der Waals surface area contributed by atoms with Crippen LogP contribution in [0.4, 0.5) is 5.82 Å². The molecular weight excluding hydrogens is 252 g/mol. The van der Waals surface area contributed by atoms with E-state index in [4.69, 9.17) is 5.73 Å². The van der Waals surface area contributed by atoms with Gasteiger partial charge in [-0.2, -0.15) is 5.10 Å². The van der Waals surface area contributed by atoms with E-state index in [0.717, 1.165) is 12.8 Å². The molecule has 2 rings (SSSR count). The molecule has 0 radical (unpaired) electrons. The zero-order chi connectivity index (χ0) is 14.6. The lowest BCUT2D eigenvalue weighted by atomic mass is 9.95. The lowest BCUT2D eigenvalue weighted by molar-refractivity contribution is 0.0910. The van der Waals surface area contributed by atoms with Crippen LogP contribution in [0.5, 0.6) is 0 Å². The van der Waals surface area contributed by atoms with E-state index in [1.807, 2.05) is 32.0 Å². The van der Waals surface area contributed by atoms with E-state index < -0.39 is 0 Å². The molecule has 0 saturated carbocycles. The quantitative estimate of drug-likeness (QED) is 0.779. The molecule has 0 fully saturated rings. The van der Waals surface area contributed by atoms with Gasteiger partial charge in [0.1, 0.15) is 11.4 Å². The van der Waals surface area contributed by atoms with E-state index in [9.17, 15) is 4.79 Å². The summed E-state index contributed by atoms with van der Waals surface area (Å²) < 4.78 is 0. The van der Waals surface area contributed by atoms with Crippen LogP contribution in [-0.4, -0.2) is 21.6 Å². The van der Waals surface area contributed by atoms with Crippen molar-refractivity contribution in [3.05, 3.63) is 47.7 Å². The summed E-state index contributed by atoms with van der Waals surface area (Å²) in [6.07, 6.45) is 3.20. The van der Waals surface area contributed by atoms with E-state index >= 15 is 0 Å². The van der Waals surface area contributed by atoms with E-state index in [1.54, 1.807) is 0 Å². The number of carbonyl (C=O) groups is 1. The van der Waals surface area contributed by atoms with E-state index in [1.165, 1.54) is 11.8 Å². The van der Waals surface area contributed by atoms with Crippen LogP contribution in [0.1, 0.15) is 36.2 Å². The normalized spacial score (nSPS) is 11.3. The number of nitrogens with one attached hydrogen (secondary N) is 2. The van der Waals surface area contributed by atoms with Gasteiger partial charge in [-0.25, -0.2) is 0 Å². The fraction of sp³-hybridized carbons (Fsp3) is 0.333. The Balaban J connectivity index is 1.94. The van der Waals surface area contributed by atoms with Gasteiger partial charge in [0, 0.05) is 5.54 Å². The van der Waals surface area contributed by atoms with Crippen molar-refractivity contribution in [2.45, 2.75) is 32.2 Å². The summed E-state index contributed by atoms with van der Waals surface area (Å²) in [5.74, 6) is 0.0932. The third-order valence-corrected chi connectivity index (χ3v) is 3.25. The average molecular weight is 272 g/mol. The van der Waals surface area contributed by atoms with Crippen molar-refractivity contribution in [2.75, 3.05) is 5.73 Å². The predicted molar refractivity (Wildman–Crippen MR) is 79.3 cm³/mol. The minimum atomic E-state index is -0.309. The monoisotopic (exact) mass is 272 g/mol. The molecule has 0 aliphatic heterocycles. The summed E-state index contributed by atoms with van der Waals surface area (Å²) in [5.41, 5.74) is 6.99. The zero-order valence-electron chi connectivity index (χ0n) is 11.8. The Hall–Kier alpha value is -2.30. The Labute approximate surface area is 118 Å². The minimum Gasteiger partial charge on any atom is -0.383 e. The van der Waals surface area contributed by atoms with Crippen LogP contribution in [0.15, 0.2) is 36.5 Å². The van der Waals surface area contributed by atoms with Gasteiger partial charge in [-0.1, -0.05) is 30.3 Å². The van der Waals surface area contributed by atoms with Gasteiger partial charge in [0.05, 0.1) is 6.20 Å². The van der Waals surface area contributed by atoms with Crippen LogP contribution in [0.25, 0.3) is 0 Å². The van der Waals surface area contributed by atoms with Crippen molar-refractivity contribution in [1.29, 1.82) is 0 Å². The van der Waals surface area contributed by atoms with E-state index in [-0.39, 0.29) is 11.4 Å². The van der Waals surface area contributed by atoms with E-state index in [0.29, 0.717) is 11.4 Å². The van der Waals surface area contributed by atoms with Gasteiger partial charge in [-0.15, -0.1) is 0 Å². The Morgan fingerprint density at radius 1 is 1.35 bits per heavy atom. The van der Waals surface area contributed by atoms with Crippen molar-refractivity contribution in [1.82, 2.24) is 15.5 Å². The number of rotatable bonds is 5. The third kappa shape index (κ3) is 3.60. The number of aryl methyl sites for hydroxylation is 1. The summed E-state index contributed by atoms with van der Waals surface area (Å²) in [6, 6.07) is 10.2. The molecule has 0 unspecified atom stereocenters. The van der Waals surface area contributed by atoms with Crippen LogP contribution < -0.4 is 11.1 Å². The van der Waals surface area contributed by atoms with Crippen molar-refractivity contribution < 1.29 is 4.79 Å². The molecule has 5 nitrogen and oxygen atoms in total.